The monoisotopic (exact) mass is 881 g/mol. The standard InChI is InChI=1S/C57H100O6/c1-4-7-10-13-16-19-22-25-27-28-29-30-33-35-38-41-44-47-50-56(59)62-53-54(52-61-55(58)49-46-43-40-37-34-31-24-21-18-15-12-9-6-3)63-57(60)51-48-45-42-39-36-32-26-23-20-17-14-11-8-5-2/h9,12,15,18,21,24,31,34,37,40,54H,4-8,10-11,13-14,16-17,19-20,22-23,25-30,32-33,35-36,38-39,41-53H2,1-3H3/b12-9+,18-15+,24-21+,34-31+,40-37+. The molecule has 0 N–H and O–H groups in total. The maximum atomic E-state index is 12.8. The first-order valence-electron chi connectivity index (χ1n) is 26.9. The van der Waals surface area contributed by atoms with E-state index in [2.05, 4.69) is 26.8 Å². The van der Waals surface area contributed by atoms with Crippen molar-refractivity contribution in [3.8, 4) is 0 Å². The van der Waals surface area contributed by atoms with Crippen molar-refractivity contribution in [2.24, 2.45) is 0 Å². The summed E-state index contributed by atoms with van der Waals surface area (Å²) >= 11 is 0. The molecule has 0 saturated heterocycles. The molecular formula is C57H100O6. The average Bonchev–Trinajstić information content (AvgIpc) is 3.28. The summed E-state index contributed by atoms with van der Waals surface area (Å²) in [5.41, 5.74) is 0. The smallest absolute Gasteiger partial charge is 0.306 e. The summed E-state index contributed by atoms with van der Waals surface area (Å²) < 4.78 is 16.8. The third-order valence-electron chi connectivity index (χ3n) is 11.7. The molecule has 0 aliphatic rings. The zero-order valence-corrected chi connectivity index (χ0v) is 41.6. The minimum atomic E-state index is -0.798. The predicted octanol–water partition coefficient (Wildman–Crippen LogP) is 17.6. The molecule has 0 aromatic heterocycles. The van der Waals surface area contributed by atoms with Crippen LogP contribution in [0.15, 0.2) is 60.8 Å². The Morgan fingerprint density at radius 3 is 0.968 bits per heavy atom. The van der Waals surface area contributed by atoms with Gasteiger partial charge in [0.1, 0.15) is 13.2 Å². The molecule has 0 rings (SSSR count). The third-order valence-corrected chi connectivity index (χ3v) is 11.7. The quantitative estimate of drug-likeness (QED) is 0.0262. The number of esters is 3. The second-order valence-corrected chi connectivity index (χ2v) is 17.9. The van der Waals surface area contributed by atoms with E-state index in [0.29, 0.717) is 19.3 Å². The number of rotatable bonds is 48. The van der Waals surface area contributed by atoms with E-state index >= 15 is 0 Å². The third kappa shape index (κ3) is 50.0. The molecule has 0 bridgehead atoms. The van der Waals surface area contributed by atoms with Crippen LogP contribution in [0.3, 0.4) is 0 Å². The molecule has 0 saturated carbocycles. The molecule has 364 valence electrons. The Morgan fingerprint density at radius 1 is 0.333 bits per heavy atom. The van der Waals surface area contributed by atoms with Crippen LogP contribution in [0.1, 0.15) is 265 Å². The Kier molecular flexibility index (Phi) is 49.4. The van der Waals surface area contributed by atoms with Crippen LogP contribution in [0, 0.1) is 0 Å². The molecule has 0 spiro atoms. The number of carbonyl (C=O) groups excluding carboxylic acids is 3. The zero-order chi connectivity index (χ0) is 45.8. The van der Waals surface area contributed by atoms with Crippen molar-refractivity contribution in [1.82, 2.24) is 0 Å². The van der Waals surface area contributed by atoms with E-state index in [1.165, 1.54) is 167 Å². The SMILES string of the molecule is CC/C=C/C=C/C=C/C=C/C=C/CCCC(=O)OCC(COC(=O)CCCCCCCCCCCCCCCCCCCC)OC(=O)CCCCCCCCCCCCCCCC. The van der Waals surface area contributed by atoms with Crippen molar-refractivity contribution in [3.05, 3.63) is 60.8 Å². The first kappa shape index (κ1) is 60.1. The van der Waals surface area contributed by atoms with Crippen molar-refractivity contribution in [3.63, 3.8) is 0 Å². The van der Waals surface area contributed by atoms with Crippen molar-refractivity contribution >= 4 is 17.9 Å². The molecule has 0 aromatic carbocycles. The van der Waals surface area contributed by atoms with E-state index in [0.717, 1.165) is 51.4 Å². The van der Waals surface area contributed by atoms with Gasteiger partial charge in [0, 0.05) is 19.3 Å². The van der Waals surface area contributed by atoms with Gasteiger partial charge < -0.3 is 14.2 Å². The van der Waals surface area contributed by atoms with E-state index in [1.54, 1.807) is 0 Å². The first-order valence-corrected chi connectivity index (χ1v) is 26.9. The van der Waals surface area contributed by atoms with E-state index in [1.807, 2.05) is 54.7 Å². The molecule has 0 aliphatic carbocycles. The van der Waals surface area contributed by atoms with Crippen molar-refractivity contribution in [1.29, 1.82) is 0 Å². The first-order chi connectivity index (χ1) is 31.0. The fourth-order valence-electron chi connectivity index (χ4n) is 7.65. The Bertz CT molecular complexity index is 1150. The van der Waals surface area contributed by atoms with E-state index in [4.69, 9.17) is 14.2 Å². The minimum Gasteiger partial charge on any atom is -0.462 e. The van der Waals surface area contributed by atoms with Gasteiger partial charge in [-0.15, -0.1) is 0 Å². The molecule has 1 unspecified atom stereocenters. The lowest BCUT2D eigenvalue weighted by Gasteiger charge is -2.18. The number of carbonyl (C=O) groups is 3. The topological polar surface area (TPSA) is 78.9 Å². The summed E-state index contributed by atoms with van der Waals surface area (Å²) in [6.45, 7) is 6.46. The normalized spacial score (nSPS) is 12.5. The molecule has 0 fully saturated rings. The largest absolute Gasteiger partial charge is 0.462 e. The molecule has 63 heavy (non-hydrogen) atoms. The number of hydrogen-bond donors (Lipinski definition) is 0. The van der Waals surface area contributed by atoms with Crippen LogP contribution in [0.2, 0.25) is 0 Å². The van der Waals surface area contributed by atoms with Gasteiger partial charge in [-0.3, -0.25) is 14.4 Å². The number of hydrogen-bond acceptors (Lipinski definition) is 6. The highest BCUT2D eigenvalue weighted by molar-refractivity contribution is 5.71. The zero-order valence-electron chi connectivity index (χ0n) is 41.6. The van der Waals surface area contributed by atoms with Gasteiger partial charge in [-0.2, -0.15) is 0 Å². The van der Waals surface area contributed by atoms with Gasteiger partial charge in [-0.25, -0.2) is 0 Å². The summed E-state index contributed by atoms with van der Waals surface area (Å²) in [6, 6.07) is 0. The van der Waals surface area contributed by atoms with E-state index in [-0.39, 0.29) is 37.5 Å². The van der Waals surface area contributed by atoms with Crippen LogP contribution >= 0.6 is 0 Å². The summed E-state index contributed by atoms with van der Waals surface area (Å²) in [6.07, 6.45) is 63.6. The summed E-state index contributed by atoms with van der Waals surface area (Å²) in [7, 11) is 0. The second-order valence-electron chi connectivity index (χ2n) is 17.9. The molecular weight excluding hydrogens is 781 g/mol. The Labute approximate surface area is 390 Å². The van der Waals surface area contributed by atoms with Gasteiger partial charge in [0.15, 0.2) is 6.10 Å². The Hall–Kier alpha value is -2.89. The fraction of sp³-hybridized carbons (Fsp3) is 0.772. The average molecular weight is 881 g/mol. The van der Waals surface area contributed by atoms with E-state index in [9.17, 15) is 14.4 Å². The van der Waals surface area contributed by atoms with Crippen LogP contribution in [0.4, 0.5) is 0 Å². The molecule has 0 heterocycles. The number of allylic oxidation sites excluding steroid dienone is 10. The highest BCUT2D eigenvalue weighted by Gasteiger charge is 2.19. The van der Waals surface area contributed by atoms with Gasteiger partial charge in [0.25, 0.3) is 0 Å². The Balaban J connectivity index is 4.40. The van der Waals surface area contributed by atoms with Crippen molar-refractivity contribution in [2.75, 3.05) is 13.2 Å². The highest BCUT2D eigenvalue weighted by atomic mass is 16.6. The number of ether oxygens (including phenoxy) is 3. The van der Waals surface area contributed by atoms with Crippen LogP contribution in [0.5, 0.6) is 0 Å². The van der Waals surface area contributed by atoms with Crippen molar-refractivity contribution in [2.45, 2.75) is 271 Å². The van der Waals surface area contributed by atoms with Crippen molar-refractivity contribution < 1.29 is 28.6 Å². The van der Waals surface area contributed by atoms with Gasteiger partial charge in [0.05, 0.1) is 0 Å². The lowest BCUT2D eigenvalue weighted by molar-refractivity contribution is -0.167. The molecule has 0 radical (unpaired) electrons. The predicted molar refractivity (Wildman–Crippen MR) is 270 cm³/mol. The maximum absolute atomic E-state index is 12.8. The molecule has 6 heteroatoms. The molecule has 0 amide bonds. The molecule has 0 aromatic rings. The summed E-state index contributed by atoms with van der Waals surface area (Å²) in [4.78, 5) is 38.0. The maximum Gasteiger partial charge on any atom is 0.306 e. The van der Waals surface area contributed by atoms with E-state index < -0.39 is 6.10 Å². The highest BCUT2D eigenvalue weighted by Crippen LogP contribution is 2.16. The van der Waals surface area contributed by atoms with Gasteiger partial charge >= 0.3 is 17.9 Å². The van der Waals surface area contributed by atoms with Gasteiger partial charge in [0.2, 0.25) is 0 Å². The lowest BCUT2D eigenvalue weighted by Crippen LogP contribution is -2.30. The van der Waals surface area contributed by atoms with Crippen LogP contribution < -0.4 is 0 Å². The van der Waals surface area contributed by atoms with Gasteiger partial charge in [-0.05, 0) is 32.1 Å². The molecule has 0 aliphatic heterocycles. The van der Waals surface area contributed by atoms with Crippen LogP contribution in [0.25, 0.3) is 0 Å². The van der Waals surface area contributed by atoms with Crippen LogP contribution in [-0.2, 0) is 28.6 Å². The second kappa shape index (κ2) is 51.7. The summed E-state index contributed by atoms with van der Waals surface area (Å²) in [5.74, 6) is -0.960. The number of unbranched alkanes of at least 4 members (excludes halogenated alkanes) is 31. The lowest BCUT2D eigenvalue weighted by atomic mass is 10.0. The Morgan fingerprint density at radius 2 is 0.619 bits per heavy atom. The van der Waals surface area contributed by atoms with Crippen LogP contribution in [-0.4, -0.2) is 37.2 Å². The van der Waals surface area contributed by atoms with Gasteiger partial charge in [-0.1, -0.05) is 274 Å². The fourth-order valence-corrected chi connectivity index (χ4v) is 7.65. The molecule has 1 atom stereocenters. The minimum absolute atomic E-state index is 0.0929. The summed E-state index contributed by atoms with van der Waals surface area (Å²) in [5, 5.41) is 0. The molecule has 6 nitrogen and oxygen atoms in total.